The van der Waals surface area contributed by atoms with Gasteiger partial charge in [-0.2, -0.15) is 0 Å². The number of hydrogen-bond acceptors (Lipinski definition) is 2. The van der Waals surface area contributed by atoms with Gasteiger partial charge in [0.25, 0.3) is 0 Å². The summed E-state index contributed by atoms with van der Waals surface area (Å²) in [7, 11) is 0. The van der Waals surface area contributed by atoms with E-state index < -0.39 is 0 Å². The van der Waals surface area contributed by atoms with E-state index in [1.807, 2.05) is 36.4 Å². The van der Waals surface area contributed by atoms with E-state index in [1.54, 1.807) is 24.3 Å². The van der Waals surface area contributed by atoms with E-state index >= 15 is 0 Å². The standard InChI is InChI=1S/C6H8N2.C6H6/c7-5-1-2-6(8)4-3-5;1-2-4-6-5-3-1/h1-4H,7-8H2;1-6H. The number of anilines is 2. The molecule has 0 aliphatic carbocycles. The Morgan fingerprint density at radius 3 is 0.929 bits per heavy atom. The van der Waals surface area contributed by atoms with E-state index in [2.05, 4.69) is 0 Å². The van der Waals surface area contributed by atoms with Crippen molar-refractivity contribution in [1.29, 1.82) is 0 Å². The molecular formula is C12H14N2. The van der Waals surface area contributed by atoms with Crippen LogP contribution in [0.4, 0.5) is 11.4 Å². The lowest BCUT2D eigenvalue weighted by atomic mass is 10.3. The summed E-state index contributed by atoms with van der Waals surface area (Å²) in [5.41, 5.74) is 12.2. The predicted molar refractivity (Wildman–Crippen MR) is 61.7 cm³/mol. The van der Waals surface area contributed by atoms with Crippen LogP contribution in [-0.4, -0.2) is 0 Å². The van der Waals surface area contributed by atoms with Crippen LogP contribution in [0.25, 0.3) is 0 Å². The highest BCUT2D eigenvalue weighted by Gasteiger charge is 1.80. The quantitative estimate of drug-likeness (QED) is 0.621. The van der Waals surface area contributed by atoms with Gasteiger partial charge in [0.15, 0.2) is 0 Å². The Morgan fingerprint density at radius 1 is 0.500 bits per heavy atom. The number of rotatable bonds is 0. The van der Waals surface area contributed by atoms with Crippen molar-refractivity contribution in [3.8, 4) is 0 Å². The van der Waals surface area contributed by atoms with E-state index in [4.69, 9.17) is 11.5 Å². The third-order valence-corrected chi connectivity index (χ3v) is 1.60. The summed E-state index contributed by atoms with van der Waals surface area (Å²) >= 11 is 0. The molecule has 0 saturated heterocycles. The molecule has 0 spiro atoms. The second kappa shape index (κ2) is 5.65. The molecule has 0 aromatic heterocycles. The molecule has 0 atom stereocenters. The molecule has 0 aliphatic heterocycles. The van der Waals surface area contributed by atoms with Crippen molar-refractivity contribution < 1.29 is 0 Å². The maximum Gasteiger partial charge on any atom is 0.0315 e. The lowest BCUT2D eigenvalue weighted by Crippen LogP contribution is -1.86. The van der Waals surface area contributed by atoms with Crippen molar-refractivity contribution in [3.63, 3.8) is 0 Å². The summed E-state index contributed by atoms with van der Waals surface area (Å²) < 4.78 is 0. The SMILES string of the molecule is Nc1ccc(N)cc1.c1ccccc1. The molecule has 0 radical (unpaired) electrons. The highest BCUT2D eigenvalue weighted by atomic mass is 14.6. The molecule has 2 aromatic rings. The van der Waals surface area contributed by atoms with Crippen LogP contribution in [0.3, 0.4) is 0 Å². The van der Waals surface area contributed by atoms with Gasteiger partial charge < -0.3 is 11.5 Å². The summed E-state index contributed by atoms with van der Waals surface area (Å²) in [6.07, 6.45) is 0. The second-order valence-electron chi connectivity index (χ2n) is 2.82. The summed E-state index contributed by atoms with van der Waals surface area (Å²) in [6.45, 7) is 0. The Morgan fingerprint density at radius 2 is 0.714 bits per heavy atom. The highest BCUT2D eigenvalue weighted by molar-refractivity contribution is 5.47. The normalized spacial score (nSPS) is 8.57. The van der Waals surface area contributed by atoms with Crippen molar-refractivity contribution >= 4 is 11.4 Å². The van der Waals surface area contributed by atoms with E-state index in [9.17, 15) is 0 Å². The smallest absolute Gasteiger partial charge is 0.0315 e. The van der Waals surface area contributed by atoms with Crippen molar-refractivity contribution in [2.24, 2.45) is 0 Å². The number of nitrogens with two attached hydrogens (primary N) is 2. The Balaban J connectivity index is 0.000000146. The van der Waals surface area contributed by atoms with Gasteiger partial charge in [-0.1, -0.05) is 36.4 Å². The van der Waals surface area contributed by atoms with Crippen molar-refractivity contribution in [2.45, 2.75) is 0 Å². The summed E-state index contributed by atoms with van der Waals surface area (Å²) in [5.74, 6) is 0. The fourth-order valence-corrected chi connectivity index (χ4v) is 0.881. The molecule has 0 aliphatic rings. The van der Waals surface area contributed by atoms with Crippen LogP contribution in [0, 0.1) is 0 Å². The van der Waals surface area contributed by atoms with Crippen molar-refractivity contribution in [3.05, 3.63) is 60.7 Å². The monoisotopic (exact) mass is 186 g/mol. The molecule has 14 heavy (non-hydrogen) atoms. The molecule has 0 amide bonds. The predicted octanol–water partition coefficient (Wildman–Crippen LogP) is 2.54. The van der Waals surface area contributed by atoms with Crippen LogP contribution in [-0.2, 0) is 0 Å². The zero-order valence-electron chi connectivity index (χ0n) is 7.93. The van der Waals surface area contributed by atoms with Gasteiger partial charge in [-0.15, -0.1) is 0 Å². The van der Waals surface area contributed by atoms with E-state index in [0.29, 0.717) is 0 Å². The maximum atomic E-state index is 5.37. The first kappa shape index (κ1) is 10.1. The van der Waals surface area contributed by atoms with Crippen molar-refractivity contribution in [1.82, 2.24) is 0 Å². The van der Waals surface area contributed by atoms with Gasteiger partial charge >= 0.3 is 0 Å². The van der Waals surface area contributed by atoms with Crippen LogP contribution in [0.15, 0.2) is 60.7 Å². The molecule has 0 bridgehead atoms. The number of hydrogen-bond donors (Lipinski definition) is 2. The van der Waals surface area contributed by atoms with Crippen LogP contribution < -0.4 is 11.5 Å². The highest BCUT2D eigenvalue weighted by Crippen LogP contribution is 2.04. The summed E-state index contributed by atoms with van der Waals surface area (Å²) in [6, 6.07) is 19.1. The van der Waals surface area contributed by atoms with Gasteiger partial charge in [0, 0.05) is 11.4 Å². The molecular weight excluding hydrogens is 172 g/mol. The zero-order valence-corrected chi connectivity index (χ0v) is 7.93. The molecule has 2 aromatic carbocycles. The van der Waals surface area contributed by atoms with Crippen LogP contribution >= 0.6 is 0 Å². The van der Waals surface area contributed by atoms with Gasteiger partial charge in [0.1, 0.15) is 0 Å². The average molecular weight is 186 g/mol. The van der Waals surface area contributed by atoms with E-state index in [0.717, 1.165) is 11.4 Å². The van der Waals surface area contributed by atoms with Crippen LogP contribution in [0.2, 0.25) is 0 Å². The molecule has 0 heterocycles. The molecule has 2 rings (SSSR count). The molecule has 0 fully saturated rings. The number of benzene rings is 2. The van der Waals surface area contributed by atoms with Crippen LogP contribution in [0.1, 0.15) is 0 Å². The Bertz CT molecular complexity index is 293. The lowest BCUT2D eigenvalue weighted by Gasteiger charge is -1.90. The van der Waals surface area contributed by atoms with Gasteiger partial charge in [-0.05, 0) is 24.3 Å². The maximum absolute atomic E-state index is 5.37. The third-order valence-electron chi connectivity index (χ3n) is 1.60. The van der Waals surface area contributed by atoms with Gasteiger partial charge in [-0.3, -0.25) is 0 Å². The number of nitrogen functional groups attached to an aromatic ring is 2. The fraction of sp³-hybridized carbons (Fsp3) is 0. The Kier molecular flexibility index (Phi) is 4.08. The van der Waals surface area contributed by atoms with E-state index in [-0.39, 0.29) is 0 Å². The zero-order chi connectivity index (χ0) is 10.2. The molecule has 0 saturated carbocycles. The first-order valence-electron chi connectivity index (χ1n) is 4.40. The molecule has 4 N–H and O–H groups in total. The topological polar surface area (TPSA) is 52.0 Å². The summed E-state index contributed by atoms with van der Waals surface area (Å²) in [5, 5.41) is 0. The first-order chi connectivity index (χ1) is 6.79. The van der Waals surface area contributed by atoms with Crippen molar-refractivity contribution in [2.75, 3.05) is 11.5 Å². The largest absolute Gasteiger partial charge is 0.399 e. The third kappa shape index (κ3) is 4.16. The van der Waals surface area contributed by atoms with Crippen LogP contribution in [0.5, 0.6) is 0 Å². The Hall–Kier alpha value is -1.96. The minimum atomic E-state index is 0.749. The molecule has 72 valence electrons. The average Bonchev–Trinajstić information content (AvgIpc) is 2.26. The minimum absolute atomic E-state index is 0.749. The molecule has 2 nitrogen and oxygen atoms in total. The minimum Gasteiger partial charge on any atom is -0.399 e. The lowest BCUT2D eigenvalue weighted by molar-refractivity contribution is 1.67. The molecule has 2 heteroatoms. The first-order valence-corrected chi connectivity index (χ1v) is 4.40. The van der Waals surface area contributed by atoms with Gasteiger partial charge in [-0.25, -0.2) is 0 Å². The molecule has 0 unspecified atom stereocenters. The van der Waals surface area contributed by atoms with Gasteiger partial charge in [0.05, 0.1) is 0 Å². The Labute approximate surface area is 84.2 Å². The second-order valence-corrected chi connectivity index (χ2v) is 2.82. The fourth-order valence-electron chi connectivity index (χ4n) is 0.881. The van der Waals surface area contributed by atoms with Gasteiger partial charge in [0.2, 0.25) is 0 Å². The van der Waals surface area contributed by atoms with E-state index in [1.165, 1.54) is 0 Å². The summed E-state index contributed by atoms with van der Waals surface area (Å²) in [4.78, 5) is 0.